The van der Waals surface area contributed by atoms with Crippen LogP contribution in [0.1, 0.15) is 50.4 Å². The Kier molecular flexibility index (Phi) is 7.58. The van der Waals surface area contributed by atoms with Crippen molar-refractivity contribution in [2.24, 2.45) is 10.9 Å². The maximum absolute atomic E-state index is 6.31. The summed E-state index contributed by atoms with van der Waals surface area (Å²) in [6, 6.07) is 25.5. The van der Waals surface area contributed by atoms with Crippen molar-refractivity contribution in [2.75, 3.05) is 0 Å². The molecule has 0 saturated carbocycles. The first-order valence-corrected chi connectivity index (χ1v) is 12.9. The summed E-state index contributed by atoms with van der Waals surface area (Å²) in [5.74, 6) is 1.31. The van der Waals surface area contributed by atoms with Gasteiger partial charge in [0.1, 0.15) is 11.9 Å². The summed E-state index contributed by atoms with van der Waals surface area (Å²) >= 11 is 0. The Morgan fingerprint density at radius 1 is 1.03 bits per heavy atom. The van der Waals surface area contributed by atoms with Crippen LogP contribution in [0.3, 0.4) is 0 Å². The van der Waals surface area contributed by atoms with E-state index in [-0.39, 0.29) is 12.4 Å². The molecular formula is C33H34N2O. The summed E-state index contributed by atoms with van der Waals surface area (Å²) in [5, 5.41) is 6.24. The summed E-state index contributed by atoms with van der Waals surface area (Å²) in [5.41, 5.74) is 4.92. The fourth-order valence-electron chi connectivity index (χ4n) is 5.06. The lowest BCUT2D eigenvalue weighted by atomic mass is 9.93. The number of ether oxygens (including phenoxy) is 1. The van der Waals surface area contributed by atoms with Crippen LogP contribution in [0.5, 0.6) is 0 Å². The van der Waals surface area contributed by atoms with Crippen molar-refractivity contribution in [3.8, 4) is 0 Å². The zero-order valence-electron chi connectivity index (χ0n) is 21.1. The van der Waals surface area contributed by atoms with Gasteiger partial charge in [0.25, 0.3) is 0 Å². The summed E-state index contributed by atoms with van der Waals surface area (Å²) in [6.07, 6.45) is 15.5. The molecular weight excluding hydrogens is 440 g/mol. The Balaban J connectivity index is 1.35. The Morgan fingerprint density at radius 2 is 1.83 bits per heavy atom. The van der Waals surface area contributed by atoms with E-state index in [0.717, 1.165) is 30.6 Å². The molecule has 36 heavy (non-hydrogen) atoms. The van der Waals surface area contributed by atoms with Crippen molar-refractivity contribution in [1.29, 1.82) is 0 Å². The second kappa shape index (κ2) is 11.4. The molecule has 3 nitrogen and oxygen atoms in total. The van der Waals surface area contributed by atoms with Crippen LogP contribution >= 0.6 is 0 Å². The van der Waals surface area contributed by atoms with Gasteiger partial charge in [0.2, 0.25) is 0 Å². The van der Waals surface area contributed by atoms with Crippen molar-refractivity contribution in [3.63, 3.8) is 0 Å². The Bertz CT molecular complexity index is 1340. The van der Waals surface area contributed by atoms with Gasteiger partial charge in [0.15, 0.2) is 6.23 Å². The van der Waals surface area contributed by atoms with E-state index >= 15 is 0 Å². The van der Waals surface area contributed by atoms with Crippen LogP contribution in [0.4, 0.5) is 0 Å². The smallest absolute Gasteiger partial charge is 0.155 e. The molecule has 2 aliphatic rings. The molecule has 0 aliphatic carbocycles. The molecule has 3 atom stereocenters. The SMILES string of the molecule is C/C=C\C1=CCC2CC(C/C=C\C=C(/C)c3cccc4ccccc34)=NC(c3ccccc3)N[C@@H]2O1. The van der Waals surface area contributed by atoms with Crippen LogP contribution in [0.15, 0.2) is 120 Å². The number of hydrogen-bond acceptors (Lipinski definition) is 3. The van der Waals surface area contributed by atoms with Gasteiger partial charge in [-0.25, -0.2) is 0 Å². The number of allylic oxidation sites excluding steroid dienone is 7. The van der Waals surface area contributed by atoms with E-state index in [4.69, 9.17) is 9.73 Å². The van der Waals surface area contributed by atoms with Crippen LogP contribution < -0.4 is 5.32 Å². The standard InChI is InChI=1S/C33H34N2O/c1-3-12-29-22-21-27-23-28(34-32(35-33(27)36-29)26-15-5-4-6-16-26)18-9-7-13-24(2)30-20-11-17-25-14-8-10-19-31(25)30/h3-17,19-20,22,27,32-33,35H,18,21,23H2,1-2H3/b9-7-,12-3-,24-13+/t27?,32?,33-/m1/s1. The van der Waals surface area contributed by atoms with E-state index in [2.05, 4.69) is 103 Å². The highest BCUT2D eigenvalue weighted by atomic mass is 16.5. The van der Waals surface area contributed by atoms with Gasteiger partial charge in [-0.1, -0.05) is 97.1 Å². The minimum Gasteiger partial charge on any atom is -0.475 e. The van der Waals surface area contributed by atoms with Gasteiger partial charge >= 0.3 is 0 Å². The topological polar surface area (TPSA) is 33.6 Å². The molecule has 0 saturated heterocycles. The van der Waals surface area contributed by atoms with E-state index < -0.39 is 0 Å². The number of fused-ring (bicyclic) bond motifs is 2. The van der Waals surface area contributed by atoms with Crippen LogP contribution in [-0.2, 0) is 4.74 Å². The summed E-state index contributed by atoms with van der Waals surface area (Å²) in [4.78, 5) is 5.17. The molecule has 0 amide bonds. The highest BCUT2D eigenvalue weighted by Gasteiger charge is 2.32. The van der Waals surface area contributed by atoms with E-state index in [1.807, 2.05) is 25.1 Å². The van der Waals surface area contributed by atoms with Crippen molar-refractivity contribution in [3.05, 3.63) is 126 Å². The van der Waals surface area contributed by atoms with E-state index in [1.54, 1.807) is 0 Å². The van der Waals surface area contributed by atoms with Crippen molar-refractivity contribution >= 4 is 22.1 Å². The predicted molar refractivity (Wildman–Crippen MR) is 152 cm³/mol. The lowest BCUT2D eigenvalue weighted by Crippen LogP contribution is -2.40. The van der Waals surface area contributed by atoms with E-state index in [1.165, 1.54) is 27.6 Å². The van der Waals surface area contributed by atoms with Gasteiger partial charge in [-0.3, -0.25) is 10.3 Å². The van der Waals surface area contributed by atoms with Crippen LogP contribution in [-0.4, -0.2) is 11.9 Å². The predicted octanol–water partition coefficient (Wildman–Crippen LogP) is 8.15. The molecule has 0 aromatic heterocycles. The lowest BCUT2D eigenvalue weighted by Gasteiger charge is -2.32. The maximum atomic E-state index is 6.31. The average Bonchev–Trinajstić information content (AvgIpc) is 3.10. The largest absolute Gasteiger partial charge is 0.475 e. The first-order chi connectivity index (χ1) is 17.7. The number of benzene rings is 3. The molecule has 0 fully saturated rings. The highest BCUT2D eigenvalue weighted by molar-refractivity contribution is 5.93. The first-order valence-electron chi connectivity index (χ1n) is 12.9. The number of rotatable bonds is 6. The highest BCUT2D eigenvalue weighted by Crippen LogP contribution is 2.32. The molecule has 5 rings (SSSR count). The molecule has 0 radical (unpaired) electrons. The molecule has 182 valence electrons. The Morgan fingerprint density at radius 3 is 2.69 bits per heavy atom. The molecule has 0 bridgehead atoms. The monoisotopic (exact) mass is 474 g/mol. The average molecular weight is 475 g/mol. The van der Waals surface area contributed by atoms with Crippen molar-refractivity contribution < 1.29 is 4.74 Å². The molecule has 3 aromatic carbocycles. The van der Waals surface area contributed by atoms with E-state index in [9.17, 15) is 0 Å². The van der Waals surface area contributed by atoms with Gasteiger partial charge in [0, 0.05) is 18.1 Å². The molecule has 2 heterocycles. The van der Waals surface area contributed by atoms with Crippen LogP contribution in [0, 0.1) is 5.92 Å². The van der Waals surface area contributed by atoms with Gasteiger partial charge in [-0.15, -0.1) is 0 Å². The molecule has 0 spiro atoms. The van der Waals surface area contributed by atoms with Crippen molar-refractivity contribution in [1.82, 2.24) is 5.32 Å². The summed E-state index contributed by atoms with van der Waals surface area (Å²) < 4.78 is 6.31. The third kappa shape index (κ3) is 5.58. The van der Waals surface area contributed by atoms with Crippen molar-refractivity contribution in [2.45, 2.75) is 45.5 Å². The fourth-order valence-corrected chi connectivity index (χ4v) is 5.06. The summed E-state index contributed by atoms with van der Waals surface area (Å²) in [6.45, 7) is 4.21. The third-order valence-corrected chi connectivity index (χ3v) is 6.94. The number of hydrogen-bond donors (Lipinski definition) is 1. The molecule has 3 aromatic rings. The molecule has 1 N–H and O–H groups in total. The molecule has 2 aliphatic heterocycles. The van der Waals surface area contributed by atoms with Gasteiger partial charge in [0.05, 0.1) is 0 Å². The third-order valence-electron chi connectivity index (χ3n) is 6.94. The Labute approximate surface area is 214 Å². The van der Waals surface area contributed by atoms with Crippen LogP contribution in [0.2, 0.25) is 0 Å². The zero-order chi connectivity index (χ0) is 24.7. The number of aliphatic imine (C=N–C) groups is 1. The second-order valence-electron chi connectivity index (χ2n) is 9.53. The quantitative estimate of drug-likeness (QED) is 0.366. The normalized spacial score (nSPS) is 22.7. The number of nitrogens with zero attached hydrogens (tertiary/aromatic N) is 1. The lowest BCUT2D eigenvalue weighted by molar-refractivity contribution is 0.0256. The zero-order valence-corrected chi connectivity index (χ0v) is 21.1. The second-order valence-corrected chi connectivity index (χ2v) is 9.53. The first kappa shape index (κ1) is 24.0. The minimum atomic E-state index is -0.109. The Hall–Kier alpha value is -3.69. The minimum absolute atomic E-state index is 0.0508. The molecule has 3 heteroatoms. The van der Waals surface area contributed by atoms with E-state index in [0.29, 0.717) is 5.92 Å². The molecule has 2 unspecified atom stereocenters. The van der Waals surface area contributed by atoms with Crippen LogP contribution in [0.25, 0.3) is 16.3 Å². The summed E-state index contributed by atoms with van der Waals surface area (Å²) in [7, 11) is 0. The van der Waals surface area contributed by atoms with Gasteiger partial charge in [-0.2, -0.15) is 0 Å². The fraction of sp³-hybridized carbons (Fsp3) is 0.242. The number of nitrogens with one attached hydrogen (secondary N) is 1. The van der Waals surface area contributed by atoms with Gasteiger partial charge in [-0.05, 0) is 66.3 Å². The van der Waals surface area contributed by atoms with Gasteiger partial charge < -0.3 is 4.74 Å². The maximum Gasteiger partial charge on any atom is 0.155 e.